The molecule has 5 nitrogen and oxygen atoms in total. The minimum atomic E-state index is 0.0785. The van der Waals surface area contributed by atoms with Crippen molar-refractivity contribution in [3.05, 3.63) is 71.6 Å². The van der Waals surface area contributed by atoms with E-state index in [1.165, 1.54) is 12.0 Å². The molecular formula is C22H23N3O2. The molecule has 1 aliphatic rings. The first-order chi connectivity index (χ1) is 13.2. The number of benzene rings is 2. The van der Waals surface area contributed by atoms with E-state index in [2.05, 4.69) is 34.4 Å². The molecule has 1 atom stereocenters. The standard InChI is InChI=1S/C22H23N3O2/c1-16-23-21(24-27-16)19-10-5-11-20(14-19)22(26)25-12-6-9-18(15-25)13-17-7-3-2-4-8-17/h2-5,7-8,10-11,14,18H,6,9,12-13,15H2,1H3. The number of hydrogen-bond acceptors (Lipinski definition) is 4. The van der Waals surface area contributed by atoms with Gasteiger partial charge in [-0.3, -0.25) is 4.79 Å². The quantitative estimate of drug-likeness (QED) is 0.701. The molecule has 4 rings (SSSR count). The van der Waals surface area contributed by atoms with E-state index in [9.17, 15) is 4.79 Å². The molecule has 2 aromatic carbocycles. The number of nitrogens with zero attached hydrogens (tertiary/aromatic N) is 3. The van der Waals surface area contributed by atoms with Crippen molar-refractivity contribution < 1.29 is 9.32 Å². The monoisotopic (exact) mass is 361 g/mol. The molecule has 2 heterocycles. The summed E-state index contributed by atoms with van der Waals surface area (Å²) in [6.45, 7) is 3.38. The van der Waals surface area contributed by atoms with Gasteiger partial charge in [0.1, 0.15) is 0 Å². The summed E-state index contributed by atoms with van der Waals surface area (Å²) in [5.41, 5.74) is 2.82. The van der Waals surface area contributed by atoms with E-state index >= 15 is 0 Å². The predicted octanol–water partition coefficient (Wildman–Crippen LogP) is 4.14. The van der Waals surface area contributed by atoms with Crippen LogP contribution in [0, 0.1) is 12.8 Å². The van der Waals surface area contributed by atoms with Crippen molar-refractivity contribution in [1.82, 2.24) is 15.0 Å². The molecule has 1 fully saturated rings. The predicted molar refractivity (Wildman–Crippen MR) is 103 cm³/mol. The van der Waals surface area contributed by atoms with Crippen LogP contribution in [0.5, 0.6) is 0 Å². The lowest BCUT2D eigenvalue weighted by molar-refractivity contribution is 0.0673. The maximum Gasteiger partial charge on any atom is 0.253 e. The molecule has 3 aromatic rings. The number of hydrogen-bond donors (Lipinski definition) is 0. The van der Waals surface area contributed by atoms with Crippen LogP contribution in [0.3, 0.4) is 0 Å². The minimum Gasteiger partial charge on any atom is -0.339 e. The smallest absolute Gasteiger partial charge is 0.253 e. The number of piperidine rings is 1. The highest BCUT2D eigenvalue weighted by Crippen LogP contribution is 2.24. The van der Waals surface area contributed by atoms with Crippen LogP contribution in [0.15, 0.2) is 59.1 Å². The van der Waals surface area contributed by atoms with Crippen molar-refractivity contribution in [2.45, 2.75) is 26.2 Å². The first-order valence-corrected chi connectivity index (χ1v) is 9.43. The second-order valence-electron chi connectivity index (χ2n) is 7.17. The first kappa shape index (κ1) is 17.5. The topological polar surface area (TPSA) is 59.2 Å². The Morgan fingerprint density at radius 2 is 2.04 bits per heavy atom. The zero-order chi connectivity index (χ0) is 18.6. The third kappa shape index (κ3) is 4.08. The van der Waals surface area contributed by atoms with Crippen LogP contribution in [0.2, 0.25) is 0 Å². The van der Waals surface area contributed by atoms with Crippen LogP contribution in [0.1, 0.15) is 34.7 Å². The zero-order valence-corrected chi connectivity index (χ0v) is 15.5. The molecule has 5 heteroatoms. The van der Waals surface area contributed by atoms with Gasteiger partial charge in [0.15, 0.2) is 0 Å². The summed E-state index contributed by atoms with van der Waals surface area (Å²) in [6, 6.07) is 18.0. The van der Waals surface area contributed by atoms with E-state index < -0.39 is 0 Å². The second-order valence-corrected chi connectivity index (χ2v) is 7.17. The van der Waals surface area contributed by atoms with Crippen molar-refractivity contribution >= 4 is 5.91 Å². The molecule has 0 N–H and O–H groups in total. The van der Waals surface area contributed by atoms with Gasteiger partial charge in [-0.1, -0.05) is 47.6 Å². The lowest BCUT2D eigenvalue weighted by Crippen LogP contribution is -2.40. The first-order valence-electron chi connectivity index (χ1n) is 9.43. The van der Waals surface area contributed by atoms with E-state index in [4.69, 9.17) is 4.52 Å². The summed E-state index contributed by atoms with van der Waals surface area (Å²) in [7, 11) is 0. The Labute approximate surface area is 159 Å². The lowest BCUT2D eigenvalue weighted by Gasteiger charge is -2.33. The van der Waals surface area contributed by atoms with Gasteiger partial charge in [-0.05, 0) is 42.9 Å². The SMILES string of the molecule is Cc1nc(-c2cccc(C(=O)N3CCCC(Cc4ccccc4)C3)c2)no1. The fourth-order valence-corrected chi connectivity index (χ4v) is 3.75. The summed E-state index contributed by atoms with van der Waals surface area (Å²) >= 11 is 0. The van der Waals surface area contributed by atoms with Crippen LogP contribution in [-0.2, 0) is 6.42 Å². The summed E-state index contributed by atoms with van der Waals surface area (Å²) in [4.78, 5) is 19.3. The Morgan fingerprint density at radius 3 is 2.81 bits per heavy atom. The summed E-state index contributed by atoms with van der Waals surface area (Å²) < 4.78 is 5.05. The van der Waals surface area contributed by atoms with Gasteiger partial charge in [0, 0.05) is 31.1 Å². The Balaban J connectivity index is 1.47. The summed E-state index contributed by atoms with van der Waals surface area (Å²) in [6.07, 6.45) is 3.24. The van der Waals surface area contributed by atoms with Gasteiger partial charge in [0.25, 0.3) is 5.91 Å². The van der Waals surface area contributed by atoms with Crippen molar-refractivity contribution in [2.75, 3.05) is 13.1 Å². The van der Waals surface area contributed by atoms with Crippen LogP contribution >= 0.6 is 0 Å². The highest BCUT2D eigenvalue weighted by molar-refractivity contribution is 5.95. The number of rotatable bonds is 4. The number of amides is 1. The molecule has 138 valence electrons. The van der Waals surface area contributed by atoms with Gasteiger partial charge in [-0.15, -0.1) is 0 Å². The maximum absolute atomic E-state index is 13.0. The van der Waals surface area contributed by atoms with Gasteiger partial charge in [-0.2, -0.15) is 4.98 Å². The fraction of sp³-hybridized carbons (Fsp3) is 0.318. The van der Waals surface area contributed by atoms with E-state index in [0.717, 1.165) is 31.5 Å². The molecule has 1 amide bonds. The number of carbonyl (C=O) groups excluding carboxylic acids is 1. The third-order valence-electron chi connectivity index (χ3n) is 5.07. The van der Waals surface area contributed by atoms with Gasteiger partial charge in [0.2, 0.25) is 11.7 Å². The molecule has 1 saturated heterocycles. The average molecular weight is 361 g/mol. The Morgan fingerprint density at radius 1 is 1.19 bits per heavy atom. The van der Waals surface area contributed by atoms with Crippen LogP contribution < -0.4 is 0 Å². The molecule has 1 unspecified atom stereocenters. The number of aryl methyl sites for hydroxylation is 1. The molecule has 27 heavy (non-hydrogen) atoms. The molecule has 0 radical (unpaired) electrons. The van der Waals surface area contributed by atoms with Crippen molar-refractivity contribution in [3.8, 4) is 11.4 Å². The van der Waals surface area contributed by atoms with Crippen LogP contribution in [-0.4, -0.2) is 34.0 Å². The van der Waals surface area contributed by atoms with Crippen molar-refractivity contribution in [1.29, 1.82) is 0 Å². The van der Waals surface area contributed by atoms with Crippen molar-refractivity contribution in [3.63, 3.8) is 0 Å². The van der Waals surface area contributed by atoms with E-state index in [1.807, 2.05) is 35.2 Å². The third-order valence-corrected chi connectivity index (χ3v) is 5.07. The second kappa shape index (κ2) is 7.74. The fourth-order valence-electron chi connectivity index (χ4n) is 3.75. The molecule has 0 aliphatic carbocycles. The van der Waals surface area contributed by atoms with Crippen molar-refractivity contribution in [2.24, 2.45) is 5.92 Å². The average Bonchev–Trinajstić information content (AvgIpc) is 3.15. The minimum absolute atomic E-state index is 0.0785. The van der Waals surface area contributed by atoms with Gasteiger partial charge in [-0.25, -0.2) is 0 Å². The van der Waals surface area contributed by atoms with E-state index in [-0.39, 0.29) is 5.91 Å². The highest BCUT2D eigenvalue weighted by atomic mass is 16.5. The molecule has 1 aliphatic heterocycles. The Hall–Kier alpha value is -2.95. The molecular weight excluding hydrogens is 338 g/mol. The maximum atomic E-state index is 13.0. The molecule has 0 bridgehead atoms. The van der Waals surface area contributed by atoms with E-state index in [0.29, 0.717) is 23.2 Å². The largest absolute Gasteiger partial charge is 0.339 e. The number of likely N-dealkylation sites (tertiary alicyclic amines) is 1. The normalized spacial score (nSPS) is 17.1. The van der Waals surface area contributed by atoms with Gasteiger partial charge >= 0.3 is 0 Å². The summed E-state index contributed by atoms with van der Waals surface area (Å²) in [5, 5.41) is 3.95. The van der Waals surface area contributed by atoms with Crippen LogP contribution in [0.25, 0.3) is 11.4 Å². The zero-order valence-electron chi connectivity index (χ0n) is 15.5. The number of carbonyl (C=O) groups is 1. The number of aromatic nitrogens is 2. The molecule has 1 aromatic heterocycles. The lowest BCUT2D eigenvalue weighted by atomic mass is 9.91. The van der Waals surface area contributed by atoms with E-state index in [1.54, 1.807) is 6.92 Å². The molecule has 0 saturated carbocycles. The van der Waals surface area contributed by atoms with Gasteiger partial charge < -0.3 is 9.42 Å². The van der Waals surface area contributed by atoms with Crippen LogP contribution in [0.4, 0.5) is 0 Å². The highest BCUT2D eigenvalue weighted by Gasteiger charge is 2.25. The Bertz CT molecular complexity index is 920. The molecule has 0 spiro atoms. The summed E-state index contributed by atoms with van der Waals surface area (Å²) in [5.74, 6) is 1.62. The Kier molecular flexibility index (Phi) is 5.01. The van der Waals surface area contributed by atoms with Gasteiger partial charge in [0.05, 0.1) is 0 Å².